The third kappa shape index (κ3) is 3.10. The summed E-state index contributed by atoms with van der Waals surface area (Å²) >= 11 is 0. The molecule has 0 saturated carbocycles. The predicted octanol–water partition coefficient (Wildman–Crippen LogP) is 1.82. The van der Waals surface area contributed by atoms with Gasteiger partial charge in [0.05, 0.1) is 12.0 Å². The first-order valence-electron chi connectivity index (χ1n) is 7.39. The zero-order valence-electron chi connectivity index (χ0n) is 12.5. The molecule has 0 radical (unpaired) electrons. The molecule has 5 nitrogen and oxygen atoms in total. The Morgan fingerprint density at radius 1 is 1.45 bits per heavy atom. The fraction of sp³-hybridized carbons (Fsp3) is 0.375. The molecule has 2 heterocycles. The summed E-state index contributed by atoms with van der Waals surface area (Å²) in [6.07, 6.45) is 4.23. The van der Waals surface area contributed by atoms with Crippen molar-refractivity contribution in [3.8, 4) is 0 Å². The number of aryl methyl sites for hydroxylation is 1. The molecule has 0 bridgehead atoms. The molecule has 6 heteroatoms. The predicted molar refractivity (Wildman–Crippen MR) is 82.3 cm³/mol. The van der Waals surface area contributed by atoms with Crippen LogP contribution in [0.15, 0.2) is 36.8 Å². The Kier molecular flexibility index (Phi) is 4.09. The standard InChI is InChI=1S/C16H19FN4O/c1-20-10-14(19-11-20)16(22)18-8-12-6-7-21(9-12)15-5-3-2-4-13(15)17/h2-5,10-12H,6-9H2,1H3,(H,18,22). The van der Waals surface area contributed by atoms with E-state index in [1.54, 1.807) is 29.2 Å². The lowest BCUT2D eigenvalue weighted by atomic mass is 10.1. The topological polar surface area (TPSA) is 50.2 Å². The van der Waals surface area contributed by atoms with Gasteiger partial charge in [0.15, 0.2) is 0 Å². The zero-order valence-corrected chi connectivity index (χ0v) is 12.5. The molecule has 1 atom stereocenters. The number of carbonyl (C=O) groups is 1. The molecule has 22 heavy (non-hydrogen) atoms. The maximum absolute atomic E-state index is 13.8. The zero-order chi connectivity index (χ0) is 15.5. The second-order valence-electron chi connectivity index (χ2n) is 5.69. The summed E-state index contributed by atoms with van der Waals surface area (Å²) < 4.78 is 15.5. The third-order valence-electron chi connectivity index (χ3n) is 3.97. The van der Waals surface area contributed by atoms with Crippen LogP contribution in [-0.2, 0) is 7.05 Å². The van der Waals surface area contributed by atoms with Gasteiger partial charge < -0.3 is 14.8 Å². The van der Waals surface area contributed by atoms with Crippen LogP contribution in [-0.4, -0.2) is 35.1 Å². The van der Waals surface area contributed by atoms with Crippen LogP contribution in [0.1, 0.15) is 16.9 Å². The summed E-state index contributed by atoms with van der Waals surface area (Å²) in [5, 5.41) is 2.91. The Labute approximate surface area is 128 Å². The minimum Gasteiger partial charge on any atom is -0.369 e. The van der Waals surface area contributed by atoms with Crippen LogP contribution in [0, 0.1) is 11.7 Å². The summed E-state index contributed by atoms with van der Waals surface area (Å²) in [5.74, 6) is -0.0297. The molecule has 1 N–H and O–H groups in total. The maximum Gasteiger partial charge on any atom is 0.271 e. The largest absolute Gasteiger partial charge is 0.369 e. The number of hydrogen-bond acceptors (Lipinski definition) is 3. The van der Waals surface area contributed by atoms with Crippen molar-refractivity contribution < 1.29 is 9.18 Å². The van der Waals surface area contributed by atoms with Gasteiger partial charge in [0, 0.05) is 32.9 Å². The van der Waals surface area contributed by atoms with Crippen molar-refractivity contribution in [1.29, 1.82) is 0 Å². The molecule has 1 aliphatic heterocycles. The number of hydrogen-bond donors (Lipinski definition) is 1. The van der Waals surface area contributed by atoms with Gasteiger partial charge in [-0.1, -0.05) is 12.1 Å². The van der Waals surface area contributed by atoms with Crippen LogP contribution in [0.5, 0.6) is 0 Å². The Morgan fingerprint density at radius 3 is 3.00 bits per heavy atom. The summed E-state index contributed by atoms with van der Waals surface area (Å²) in [6, 6.07) is 6.81. The maximum atomic E-state index is 13.8. The molecule has 1 aromatic carbocycles. The minimum atomic E-state index is -0.194. The second-order valence-corrected chi connectivity index (χ2v) is 5.69. The van der Waals surface area contributed by atoms with Gasteiger partial charge in [-0.05, 0) is 24.5 Å². The molecular formula is C16H19FN4O. The minimum absolute atomic E-state index is 0.162. The SMILES string of the molecule is Cn1cnc(C(=O)NCC2CCN(c3ccccc3F)C2)c1. The fourth-order valence-electron chi connectivity index (χ4n) is 2.78. The average molecular weight is 302 g/mol. The van der Waals surface area contributed by atoms with E-state index in [9.17, 15) is 9.18 Å². The number of imidazole rings is 1. The summed E-state index contributed by atoms with van der Waals surface area (Å²) in [7, 11) is 1.83. The lowest BCUT2D eigenvalue weighted by Gasteiger charge is -2.19. The highest BCUT2D eigenvalue weighted by Gasteiger charge is 2.24. The van der Waals surface area contributed by atoms with Crippen LogP contribution in [0.2, 0.25) is 0 Å². The van der Waals surface area contributed by atoms with E-state index < -0.39 is 0 Å². The number of para-hydroxylation sites is 1. The number of carbonyl (C=O) groups excluding carboxylic acids is 1. The summed E-state index contributed by atoms with van der Waals surface area (Å²) in [4.78, 5) is 18.0. The highest BCUT2D eigenvalue weighted by Crippen LogP contribution is 2.25. The molecule has 1 saturated heterocycles. The van der Waals surface area contributed by atoms with Crippen LogP contribution in [0.3, 0.4) is 0 Å². The monoisotopic (exact) mass is 302 g/mol. The third-order valence-corrected chi connectivity index (χ3v) is 3.97. The number of anilines is 1. The van der Waals surface area contributed by atoms with Gasteiger partial charge in [-0.15, -0.1) is 0 Å². The highest BCUT2D eigenvalue weighted by molar-refractivity contribution is 5.91. The molecule has 1 amide bonds. The lowest BCUT2D eigenvalue weighted by molar-refractivity contribution is 0.0943. The molecule has 1 aliphatic rings. The Bertz CT molecular complexity index is 670. The van der Waals surface area contributed by atoms with E-state index >= 15 is 0 Å². The number of nitrogens with one attached hydrogen (secondary N) is 1. The normalized spacial score (nSPS) is 17.7. The van der Waals surface area contributed by atoms with Crippen molar-refractivity contribution in [3.63, 3.8) is 0 Å². The molecule has 2 aromatic rings. The van der Waals surface area contributed by atoms with Gasteiger partial charge in [0.1, 0.15) is 11.5 Å². The molecule has 3 rings (SSSR count). The van der Waals surface area contributed by atoms with E-state index in [1.165, 1.54) is 6.07 Å². The van der Waals surface area contributed by atoms with E-state index in [1.807, 2.05) is 18.0 Å². The quantitative estimate of drug-likeness (QED) is 0.937. The van der Waals surface area contributed by atoms with Crippen molar-refractivity contribution in [2.45, 2.75) is 6.42 Å². The van der Waals surface area contributed by atoms with Gasteiger partial charge in [0.2, 0.25) is 0 Å². The average Bonchev–Trinajstić information content (AvgIpc) is 3.14. The molecule has 1 aromatic heterocycles. The van der Waals surface area contributed by atoms with E-state index in [-0.39, 0.29) is 11.7 Å². The first-order valence-corrected chi connectivity index (χ1v) is 7.39. The first-order chi connectivity index (χ1) is 10.6. The fourth-order valence-corrected chi connectivity index (χ4v) is 2.78. The van der Waals surface area contributed by atoms with Crippen molar-refractivity contribution in [3.05, 3.63) is 48.3 Å². The second kappa shape index (κ2) is 6.17. The van der Waals surface area contributed by atoms with E-state index in [0.29, 0.717) is 23.8 Å². The van der Waals surface area contributed by atoms with Gasteiger partial charge in [-0.3, -0.25) is 4.79 Å². The van der Waals surface area contributed by atoms with Crippen LogP contribution in [0.25, 0.3) is 0 Å². The van der Waals surface area contributed by atoms with Crippen molar-refractivity contribution in [1.82, 2.24) is 14.9 Å². The number of benzene rings is 1. The van der Waals surface area contributed by atoms with Gasteiger partial charge >= 0.3 is 0 Å². The molecule has 116 valence electrons. The smallest absolute Gasteiger partial charge is 0.271 e. The Morgan fingerprint density at radius 2 is 2.27 bits per heavy atom. The van der Waals surface area contributed by atoms with Crippen LogP contribution >= 0.6 is 0 Å². The molecule has 1 fully saturated rings. The van der Waals surface area contributed by atoms with Crippen molar-refractivity contribution in [2.24, 2.45) is 13.0 Å². The number of rotatable bonds is 4. The number of aromatic nitrogens is 2. The molecule has 0 aliphatic carbocycles. The number of halogens is 1. The lowest BCUT2D eigenvalue weighted by Crippen LogP contribution is -2.31. The first kappa shape index (κ1) is 14.6. The number of nitrogens with zero attached hydrogens (tertiary/aromatic N) is 3. The molecule has 0 spiro atoms. The van der Waals surface area contributed by atoms with Crippen LogP contribution in [0.4, 0.5) is 10.1 Å². The molecular weight excluding hydrogens is 283 g/mol. The van der Waals surface area contributed by atoms with Gasteiger partial charge in [-0.25, -0.2) is 9.37 Å². The Hall–Kier alpha value is -2.37. The summed E-state index contributed by atoms with van der Waals surface area (Å²) in [5.41, 5.74) is 1.06. The van der Waals surface area contributed by atoms with Gasteiger partial charge in [0.25, 0.3) is 5.91 Å². The van der Waals surface area contributed by atoms with E-state index in [4.69, 9.17) is 0 Å². The molecule has 1 unspecified atom stereocenters. The van der Waals surface area contributed by atoms with Crippen LogP contribution < -0.4 is 10.2 Å². The van der Waals surface area contributed by atoms with Crippen molar-refractivity contribution >= 4 is 11.6 Å². The highest BCUT2D eigenvalue weighted by atomic mass is 19.1. The van der Waals surface area contributed by atoms with Crippen molar-refractivity contribution in [2.75, 3.05) is 24.5 Å². The number of amides is 1. The van der Waals surface area contributed by atoms with E-state index in [0.717, 1.165) is 19.5 Å². The summed E-state index contributed by atoms with van der Waals surface area (Å²) in [6.45, 7) is 2.15. The Balaban J connectivity index is 1.53. The van der Waals surface area contributed by atoms with Gasteiger partial charge in [-0.2, -0.15) is 0 Å². The van der Waals surface area contributed by atoms with E-state index in [2.05, 4.69) is 10.3 Å².